The van der Waals surface area contributed by atoms with Gasteiger partial charge in [-0.1, -0.05) is 6.92 Å². The lowest BCUT2D eigenvalue weighted by Crippen LogP contribution is -2.34. The van der Waals surface area contributed by atoms with E-state index in [9.17, 15) is 18.4 Å². The molecule has 1 N–H and O–H groups in total. The fraction of sp³-hybridized carbons (Fsp3) is 0.267. The molecule has 1 unspecified atom stereocenters. The van der Waals surface area contributed by atoms with E-state index in [2.05, 4.69) is 5.10 Å². The Kier molecular flexibility index (Phi) is 4.73. The maximum atomic E-state index is 13.7. The van der Waals surface area contributed by atoms with Crippen molar-refractivity contribution < 1.29 is 23.5 Å². The highest BCUT2D eigenvalue weighted by atomic mass is 19.1. The summed E-state index contributed by atoms with van der Waals surface area (Å²) in [5.74, 6) is -3.74. The first-order valence-electron chi connectivity index (χ1n) is 6.79. The van der Waals surface area contributed by atoms with Crippen molar-refractivity contribution in [3.8, 4) is 5.69 Å². The van der Waals surface area contributed by atoms with Crippen LogP contribution in [0.2, 0.25) is 0 Å². The normalized spacial score (nSPS) is 12.0. The number of hydrogen-bond acceptors (Lipinski definition) is 3. The topological polar surface area (TPSA) is 75.4 Å². The van der Waals surface area contributed by atoms with E-state index in [4.69, 9.17) is 5.11 Å². The van der Waals surface area contributed by atoms with Crippen LogP contribution in [-0.4, -0.2) is 45.3 Å². The van der Waals surface area contributed by atoms with Gasteiger partial charge in [0.1, 0.15) is 11.5 Å². The van der Waals surface area contributed by atoms with Crippen LogP contribution in [0.5, 0.6) is 0 Å². The number of aromatic nitrogens is 2. The number of aliphatic carboxylic acids is 1. The van der Waals surface area contributed by atoms with E-state index < -0.39 is 29.4 Å². The zero-order chi connectivity index (χ0) is 17.1. The summed E-state index contributed by atoms with van der Waals surface area (Å²) in [4.78, 5) is 24.2. The number of benzene rings is 1. The van der Waals surface area contributed by atoms with Gasteiger partial charge < -0.3 is 10.0 Å². The summed E-state index contributed by atoms with van der Waals surface area (Å²) in [6.07, 6.45) is 1.37. The van der Waals surface area contributed by atoms with Crippen LogP contribution < -0.4 is 0 Å². The zero-order valence-corrected chi connectivity index (χ0v) is 12.5. The molecular weight excluding hydrogens is 308 g/mol. The molecule has 1 heterocycles. The van der Waals surface area contributed by atoms with E-state index in [1.807, 2.05) is 0 Å². The van der Waals surface area contributed by atoms with Crippen LogP contribution in [-0.2, 0) is 4.79 Å². The average Bonchev–Trinajstić information content (AvgIpc) is 2.95. The molecule has 0 aliphatic heterocycles. The monoisotopic (exact) mass is 323 g/mol. The molecule has 0 spiro atoms. The molecule has 0 saturated carbocycles. The first-order chi connectivity index (χ1) is 10.8. The van der Waals surface area contributed by atoms with Gasteiger partial charge in [0.25, 0.3) is 5.91 Å². The molecule has 0 saturated heterocycles. The number of carbonyl (C=O) groups is 2. The summed E-state index contributed by atoms with van der Waals surface area (Å²) in [6.45, 7) is 1.50. The fourth-order valence-electron chi connectivity index (χ4n) is 2.01. The van der Waals surface area contributed by atoms with Crippen LogP contribution >= 0.6 is 0 Å². The third-order valence-corrected chi connectivity index (χ3v) is 3.28. The molecule has 0 radical (unpaired) electrons. The van der Waals surface area contributed by atoms with Gasteiger partial charge in [0, 0.05) is 25.9 Å². The lowest BCUT2D eigenvalue weighted by Gasteiger charge is -2.18. The van der Waals surface area contributed by atoms with E-state index in [-0.39, 0.29) is 17.9 Å². The molecule has 6 nitrogen and oxygen atoms in total. The Morgan fingerprint density at radius 1 is 1.35 bits per heavy atom. The van der Waals surface area contributed by atoms with Gasteiger partial charge in [0.2, 0.25) is 0 Å². The molecule has 2 rings (SSSR count). The number of carbonyl (C=O) groups excluding carboxylic acids is 1. The lowest BCUT2D eigenvalue weighted by molar-refractivity contribution is -0.141. The minimum Gasteiger partial charge on any atom is -0.481 e. The van der Waals surface area contributed by atoms with Crippen molar-refractivity contribution in [1.82, 2.24) is 14.7 Å². The number of carboxylic acid groups (broad SMARTS) is 1. The second kappa shape index (κ2) is 6.55. The van der Waals surface area contributed by atoms with E-state index in [0.717, 1.165) is 16.8 Å². The number of nitrogens with zero attached hydrogens (tertiary/aromatic N) is 3. The minimum absolute atomic E-state index is 0.00649. The van der Waals surface area contributed by atoms with Gasteiger partial charge in [-0.05, 0) is 18.2 Å². The van der Waals surface area contributed by atoms with Crippen molar-refractivity contribution in [2.45, 2.75) is 6.92 Å². The van der Waals surface area contributed by atoms with E-state index in [1.165, 1.54) is 37.2 Å². The Labute approximate surface area is 130 Å². The molecule has 0 fully saturated rings. The fourth-order valence-corrected chi connectivity index (χ4v) is 2.01. The van der Waals surface area contributed by atoms with E-state index in [1.54, 1.807) is 0 Å². The Hall–Kier alpha value is -2.77. The van der Waals surface area contributed by atoms with Crippen molar-refractivity contribution >= 4 is 11.9 Å². The number of halogens is 2. The molecule has 1 aromatic heterocycles. The summed E-state index contributed by atoms with van der Waals surface area (Å²) in [6, 6.07) is 4.40. The highest BCUT2D eigenvalue weighted by Crippen LogP contribution is 2.15. The van der Waals surface area contributed by atoms with Gasteiger partial charge in [-0.2, -0.15) is 5.10 Å². The molecular formula is C15H15F2N3O3. The SMILES string of the molecule is CC(CN(C)C(=O)c1ccn(-c2ccc(F)cc2F)n1)C(=O)O. The van der Waals surface area contributed by atoms with Crippen LogP contribution in [0.3, 0.4) is 0 Å². The number of hydrogen-bond donors (Lipinski definition) is 1. The van der Waals surface area contributed by atoms with Gasteiger partial charge in [0.15, 0.2) is 11.5 Å². The quantitative estimate of drug-likeness (QED) is 0.912. The Morgan fingerprint density at radius 2 is 2.04 bits per heavy atom. The Bertz CT molecular complexity index is 745. The number of rotatable bonds is 5. The smallest absolute Gasteiger partial charge is 0.308 e. The number of amides is 1. The minimum atomic E-state index is -1.01. The van der Waals surface area contributed by atoms with E-state index in [0.29, 0.717) is 0 Å². The van der Waals surface area contributed by atoms with Gasteiger partial charge in [-0.15, -0.1) is 0 Å². The van der Waals surface area contributed by atoms with E-state index >= 15 is 0 Å². The predicted octanol–water partition coefficient (Wildman–Crippen LogP) is 1.94. The summed E-state index contributed by atoms with van der Waals surface area (Å²) in [5, 5.41) is 12.8. The summed E-state index contributed by atoms with van der Waals surface area (Å²) in [7, 11) is 1.46. The summed E-state index contributed by atoms with van der Waals surface area (Å²) < 4.78 is 27.7. The van der Waals surface area contributed by atoms with Crippen LogP contribution in [0.15, 0.2) is 30.5 Å². The zero-order valence-electron chi connectivity index (χ0n) is 12.5. The molecule has 1 aromatic carbocycles. The van der Waals surface area contributed by atoms with Gasteiger partial charge in [0.05, 0.1) is 5.92 Å². The largest absolute Gasteiger partial charge is 0.481 e. The summed E-state index contributed by atoms with van der Waals surface area (Å²) in [5.41, 5.74) is 0.0424. The predicted molar refractivity (Wildman–Crippen MR) is 77.2 cm³/mol. The van der Waals surface area contributed by atoms with Crippen LogP contribution in [0, 0.1) is 17.6 Å². The van der Waals surface area contributed by atoms with Gasteiger partial charge in [-0.3, -0.25) is 9.59 Å². The van der Waals surface area contributed by atoms with Crippen molar-refractivity contribution in [3.05, 3.63) is 47.8 Å². The first kappa shape index (κ1) is 16.6. The molecule has 2 aromatic rings. The molecule has 0 aliphatic rings. The Balaban J connectivity index is 2.18. The van der Waals surface area contributed by atoms with Crippen molar-refractivity contribution in [1.29, 1.82) is 0 Å². The number of carboxylic acids is 1. The van der Waals surface area contributed by atoms with Crippen LogP contribution in [0.4, 0.5) is 8.78 Å². The Morgan fingerprint density at radius 3 is 2.65 bits per heavy atom. The third-order valence-electron chi connectivity index (χ3n) is 3.28. The van der Waals surface area contributed by atoms with Gasteiger partial charge >= 0.3 is 5.97 Å². The highest BCUT2D eigenvalue weighted by Gasteiger charge is 2.20. The highest BCUT2D eigenvalue weighted by molar-refractivity contribution is 5.92. The van der Waals surface area contributed by atoms with Crippen molar-refractivity contribution in [2.24, 2.45) is 5.92 Å². The second-order valence-corrected chi connectivity index (χ2v) is 5.17. The molecule has 23 heavy (non-hydrogen) atoms. The second-order valence-electron chi connectivity index (χ2n) is 5.17. The maximum absolute atomic E-state index is 13.7. The van der Waals surface area contributed by atoms with Crippen molar-refractivity contribution in [2.75, 3.05) is 13.6 Å². The molecule has 1 atom stereocenters. The van der Waals surface area contributed by atoms with Crippen LogP contribution in [0.1, 0.15) is 17.4 Å². The molecule has 8 heteroatoms. The van der Waals surface area contributed by atoms with Crippen LogP contribution in [0.25, 0.3) is 5.69 Å². The first-order valence-corrected chi connectivity index (χ1v) is 6.79. The van der Waals surface area contributed by atoms with Gasteiger partial charge in [-0.25, -0.2) is 13.5 Å². The standard InChI is InChI=1S/C15H15F2N3O3/c1-9(15(22)23)8-19(2)14(21)12-5-6-20(18-12)13-4-3-10(16)7-11(13)17/h3-7,9H,8H2,1-2H3,(H,22,23). The average molecular weight is 323 g/mol. The summed E-state index contributed by atoms with van der Waals surface area (Å²) >= 11 is 0. The third kappa shape index (κ3) is 3.71. The molecule has 122 valence electrons. The molecule has 0 bridgehead atoms. The molecule has 1 amide bonds. The maximum Gasteiger partial charge on any atom is 0.308 e. The lowest BCUT2D eigenvalue weighted by atomic mass is 10.2. The van der Waals surface area contributed by atoms with Crippen molar-refractivity contribution in [3.63, 3.8) is 0 Å². The molecule has 0 aliphatic carbocycles.